The fourth-order valence-corrected chi connectivity index (χ4v) is 1.19. The molecule has 0 aliphatic carbocycles. The first-order chi connectivity index (χ1) is 4.88. The Labute approximate surface area is 61.6 Å². The molecule has 58 valence electrons. The number of unbranched alkanes of at least 4 members (excludes halogenated alkanes) is 1. The predicted octanol–water partition coefficient (Wildman–Crippen LogP) is 1.53. The van der Waals surface area contributed by atoms with Crippen molar-refractivity contribution in [2.24, 2.45) is 0 Å². The summed E-state index contributed by atoms with van der Waals surface area (Å²) in [6.45, 7) is 2.13. The second kappa shape index (κ2) is 3.71. The maximum Gasteiger partial charge on any atom is 0.119 e. The van der Waals surface area contributed by atoms with Gasteiger partial charge in [-0.25, -0.2) is 0 Å². The van der Waals surface area contributed by atoms with Crippen LogP contribution in [-0.2, 0) is 9.53 Å². The minimum absolute atomic E-state index is 0.477. The quantitative estimate of drug-likeness (QED) is 0.331. The first kappa shape index (κ1) is 7.73. The molecular weight excluding hydrogens is 128 g/mol. The molecule has 0 amide bonds. The zero-order valence-electron chi connectivity index (χ0n) is 6.38. The molecule has 0 aromatic heterocycles. The Morgan fingerprint density at radius 1 is 1.50 bits per heavy atom. The lowest BCUT2D eigenvalue weighted by Crippen LogP contribution is -1.91. The molecule has 0 saturated carbocycles. The number of aldehydes is 1. The lowest BCUT2D eigenvalue weighted by molar-refractivity contribution is -0.107. The Morgan fingerprint density at radius 2 is 2.30 bits per heavy atom. The Balaban J connectivity index is 1.91. The second-order valence-electron chi connectivity index (χ2n) is 2.72. The van der Waals surface area contributed by atoms with Crippen LogP contribution in [-0.4, -0.2) is 18.5 Å². The summed E-state index contributed by atoms with van der Waals surface area (Å²) in [5.74, 6) is 0. The lowest BCUT2D eigenvalue weighted by Gasteiger charge is -1.88. The van der Waals surface area contributed by atoms with Gasteiger partial charge in [-0.05, 0) is 19.3 Å². The van der Waals surface area contributed by atoms with Gasteiger partial charge in [0.05, 0.1) is 12.2 Å². The zero-order chi connectivity index (χ0) is 7.40. The average molecular weight is 142 g/mol. The van der Waals surface area contributed by atoms with Crippen LogP contribution in [0.5, 0.6) is 0 Å². The van der Waals surface area contributed by atoms with E-state index in [0.717, 1.165) is 25.5 Å². The van der Waals surface area contributed by atoms with Crippen LogP contribution in [0.2, 0.25) is 0 Å². The van der Waals surface area contributed by atoms with Crippen molar-refractivity contribution in [2.45, 2.75) is 44.8 Å². The molecule has 0 radical (unpaired) electrons. The van der Waals surface area contributed by atoms with Crippen LogP contribution < -0.4 is 0 Å². The molecular formula is C8H14O2. The van der Waals surface area contributed by atoms with E-state index in [4.69, 9.17) is 4.74 Å². The molecule has 0 spiro atoms. The van der Waals surface area contributed by atoms with Gasteiger partial charge in [0.25, 0.3) is 0 Å². The molecule has 1 aliphatic heterocycles. The fraction of sp³-hybridized carbons (Fsp3) is 0.875. The highest BCUT2D eigenvalue weighted by molar-refractivity contribution is 5.48. The van der Waals surface area contributed by atoms with Crippen LogP contribution in [0.3, 0.4) is 0 Å². The highest BCUT2D eigenvalue weighted by Gasteiger charge is 2.35. The van der Waals surface area contributed by atoms with Gasteiger partial charge in [0.2, 0.25) is 0 Å². The maximum absolute atomic E-state index is 9.92. The lowest BCUT2D eigenvalue weighted by atomic mass is 10.1. The number of epoxide rings is 1. The molecule has 2 heteroatoms. The summed E-state index contributed by atoms with van der Waals surface area (Å²) in [5, 5.41) is 0. The van der Waals surface area contributed by atoms with Crippen molar-refractivity contribution in [3.8, 4) is 0 Å². The Kier molecular flexibility index (Phi) is 2.87. The van der Waals surface area contributed by atoms with Crippen LogP contribution >= 0.6 is 0 Å². The third-order valence-electron chi connectivity index (χ3n) is 1.90. The van der Waals surface area contributed by atoms with Gasteiger partial charge in [0, 0.05) is 6.42 Å². The standard InChI is InChI=1S/C8H14O2/c1-2-7-8(10-7)5-3-4-6-9/h6-8H,2-5H2,1H3/t7-,8+/m1/s1. The van der Waals surface area contributed by atoms with Gasteiger partial charge in [0.15, 0.2) is 0 Å². The second-order valence-corrected chi connectivity index (χ2v) is 2.72. The molecule has 1 heterocycles. The summed E-state index contributed by atoms with van der Waals surface area (Å²) in [6.07, 6.45) is 5.82. The van der Waals surface area contributed by atoms with E-state index in [1.165, 1.54) is 0 Å². The van der Waals surface area contributed by atoms with Gasteiger partial charge in [-0.15, -0.1) is 0 Å². The van der Waals surface area contributed by atoms with Gasteiger partial charge in [-0.1, -0.05) is 6.92 Å². The van der Waals surface area contributed by atoms with E-state index in [-0.39, 0.29) is 0 Å². The fourth-order valence-electron chi connectivity index (χ4n) is 1.19. The van der Waals surface area contributed by atoms with Crippen molar-refractivity contribution in [3.05, 3.63) is 0 Å². The summed E-state index contributed by atoms with van der Waals surface area (Å²) >= 11 is 0. The zero-order valence-corrected chi connectivity index (χ0v) is 6.38. The summed E-state index contributed by atoms with van der Waals surface area (Å²) in [5.41, 5.74) is 0. The van der Waals surface area contributed by atoms with Crippen molar-refractivity contribution in [3.63, 3.8) is 0 Å². The topological polar surface area (TPSA) is 29.6 Å². The van der Waals surface area contributed by atoms with Crippen LogP contribution in [0.4, 0.5) is 0 Å². The minimum atomic E-state index is 0.477. The minimum Gasteiger partial charge on any atom is -0.370 e. The Bertz CT molecular complexity index is 112. The monoisotopic (exact) mass is 142 g/mol. The van der Waals surface area contributed by atoms with Crippen LogP contribution in [0.25, 0.3) is 0 Å². The highest BCUT2D eigenvalue weighted by Crippen LogP contribution is 2.28. The molecule has 0 aromatic rings. The van der Waals surface area contributed by atoms with Crippen LogP contribution in [0.15, 0.2) is 0 Å². The summed E-state index contributed by atoms with van der Waals surface area (Å²) < 4.78 is 5.30. The average Bonchev–Trinajstić information content (AvgIpc) is 2.68. The molecule has 0 bridgehead atoms. The van der Waals surface area contributed by atoms with Crippen molar-refractivity contribution in [1.82, 2.24) is 0 Å². The number of hydrogen-bond donors (Lipinski definition) is 0. The van der Waals surface area contributed by atoms with Gasteiger partial charge in [-0.3, -0.25) is 0 Å². The molecule has 0 aromatic carbocycles. The largest absolute Gasteiger partial charge is 0.370 e. The normalized spacial score (nSPS) is 30.1. The van der Waals surface area contributed by atoms with Gasteiger partial charge < -0.3 is 9.53 Å². The first-order valence-electron chi connectivity index (χ1n) is 3.97. The van der Waals surface area contributed by atoms with E-state index in [2.05, 4.69) is 6.92 Å². The highest BCUT2D eigenvalue weighted by atomic mass is 16.6. The van der Waals surface area contributed by atoms with E-state index in [1.54, 1.807) is 0 Å². The molecule has 1 rings (SSSR count). The Morgan fingerprint density at radius 3 is 2.80 bits per heavy atom. The van der Waals surface area contributed by atoms with Gasteiger partial charge in [-0.2, -0.15) is 0 Å². The number of carbonyl (C=O) groups excluding carboxylic acids is 1. The SMILES string of the molecule is CC[C@H]1O[C@H]1CCCC=O. The van der Waals surface area contributed by atoms with Crippen molar-refractivity contribution < 1.29 is 9.53 Å². The number of ether oxygens (including phenoxy) is 1. The van der Waals surface area contributed by atoms with Gasteiger partial charge >= 0.3 is 0 Å². The summed E-state index contributed by atoms with van der Waals surface area (Å²) in [4.78, 5) is 9.92. The summed E-state index contributed by atoms with van der Waals surface area (Å²) in [7, 11) is 0. The van der Waals surface area contributed by atoms with E-state index >= 15 is 0 Å². The predicted molar refractivity (Wildman–Crippen MR) is 38.9 cm³/mol. The van der Waals surface area contributed by atoms with Crippen molar-refractivity contribution in [1.29, 1.82) is 0 Å². The van der Waals surface area contributed by atoms with E-state index in [0.29, 0.717) is 18.6 Å². The first-order valence-corrected chi connectivity index (χ1v) is 3.97. The molecule has 2 atom stereocenters. The van der Waals surface area contributed by atoms with E-state index in [9.17, 15) is 4.79 Å². The number of rotatable bonds is 5. The Hall–Kier alpha value is -0.370. The number of hydrogen-bond acceptors (Lipinski definition) is 2. The smallest absolute Gasteiger partial charge is 0.119 e. The van der Waals surface area contributed by atoms with E-state index < -0.39 is 0 Å². The molecule has 2 nitrogen and oxygen atoms in total. The molecule has 10 heavy (non-hydrogen) atoms. The van der Waals surface area contributed by atoms with E-state index in [1.807, 2.05) is 0 Å². The molecule has 1 saturated heterocycles. The molecule has 0 unspecified atom stereocenters. The third-order valence-corrected chi connectivity index (χ3v) is 1.90. The molecule has 0 N–H and O–H groups in total. The molecule has 1 fully saturated rings. The van der Waals surface area contributed by atoms with Crippen LogP contribution in [0.1, 0.15) is 32.6 Å². The summed E-state index contributed by atoms with van der Waals surface area (Å²) in [6, 6.07) is 0. The van der Waals surface area contributed by atoms with Gasteiger partial charge in [0.1, 0.15) is 6.29 Å². The molecule has 1 aliphatic rings. The number of carbonyl (C=O) groups is 1. The van der Waals surface area contributed by atoms with Crippen LogP contribution in [0, 0.1) is 0 Å². The van der Waals surface area contributed by atoms with Crippen molar-refractivity contribution >= 4 is 6.29 Å². The third kappa shape index (κ3) is 2.10. The van der Waals surface area contributed by atoms with Crippen molar-refractivity contribution in [2.75, 3.05) is 0 Å². The maximum atomic E-state index is 9.92.